The molecule has 0 aliphatic carbocycles. The zero-order valence-electron chi connectivity index (χ0n) is 13.6. The molecule has 3 rings (SSSR count). The number of aryl methyl sites for hydroxylation is 1. The fourth-order valence-corrected chi connectivity index (χ4v) is 4.88. The molecule has 6 heteroatoms. The zero-order valence-corrected chi connectivity index (χ0v) is 14.4. The summed E-state index contributed by atoms with van der Waals surface area (Å²) in [6.45, 7) is 4.29. The van der Waals surface area contributed by atoms with Gasteiger partial charge in [-0.05, 0) is 30.5 Å². The first kappa shape index (κ1) is 16.9. The number of hydrogen-bond acceptors (Lipinski definition) is 4. The van der Waals surface area contributed by atoms with Gasteiger partial charge < -0.3 is 9.84 Å². The van der Waals surface area contributed by atoms with Crippen molar-refractivity contribution in [2.24, 2.45) is 0 Å². The molecule has 1 aromatic heterocycles. The Morgan fingerprint density at radius 1 is 1.58 bits per heavy atom. The van der Waals surface area contributed by atoms with Crippen LogP contribution in [-0.4, -0.2) is 17.7 Å². The smallest absolute Gasteiger partial charge is 0.306 e. The normalized spacial score (nSPS) is 19.9. The summed E-state index contributed by atoms with van der Waals surface area (Å²) < 4.78 is 21.0. The van der Waals surface area contributed by atoms with Crippen LogP contribution in [0.3, 0.4) is 0 Å². The highest BCUT2D eigenvalue weighted by molar-refractivity contribution is 7.19. The number of nitrogens with zero attached hydrogens (tertiary/aromatic N) is 1. The van der Waals surface area contributed by atoms with Crippen LogP contribution in [0.5, 0.6) is 0 Å². The van der Waals surface area contributed by atoms with E-state index < -0.39 is 17.9 Å². The van der Waals surface area contributed by atoms with E-state index in [2.05, 4.69) is 6.92 Å². The van der Waals surface area contributed by atoms with Crippen molar-refractivity contribution in [2.45, 2.75) is 45.1 Å². The van der Waals surface area contributed by atoms with E-state index in [0.717, 1.165) is 33.5 Å². The molecule has 1 aliphatic heterocycles. The number of fused-ring (bicyclic) bond motifs is 3. The highest BCUT2D eigenvalue weighted by atomic mass is 32.1. The third-order valence-electron chi connectivity index (χ3n) is 4.47. The Bertz CT molecular complexity index is 852. The van der Waals surface area contributed by atoms with Gasteiger partial charge in [0.2, 0.25) is 0 Å². The summed E-state index contributed by atoms with van der Waals surface area (Å²) in [6.07, 6.45) is 1.14. The molecule has 126 valence electrons. The maximum Gasteiger partial charge on any atom is 0.306 e. The first-order valence-corrected chi connectivity index (χ1v) is 8.78. The number of rotatable bonds is 4. The Hall–Kier alpha value is -1.97. The van der Waals surface area contributed by atoms with Crippen molar-refractivity contribution < 1.29 is 19.0 Å². The van der Waals surface area contributed by atoms with Gasteiger partial charge in [-0.25, -0.2) is 4.39 Å². The molecular formula is C18H18FNO3S. The third kappa shape index (κ3) is 2.68. The topological polar surface area (TPSA) is 70.3 Å². The van der Waals surface area contributed by atoms with Crippen molar-refractivity contribution >= 4 is 27.4 Å². The quantitative estimate of drug-likeness (QED) is 0.874. The fraction of sp³-hybridized carbons (Fsp3) is 0.444. The first-order chi connectivity index (χ1) is 11.5. The lowest BCUT2D eigenvalue weighted by Gasteiger charge is -2.29. The number of hydrogen-bond donors (Lipinski definition) is 1. The van der Waals surface area contributed by atoms with Crippen molar-refractivity contribution in [3.63, 3.8) is 0 Å². The van der Waals surface area contributed by atoms with Gasteiger partial charge in [0.25, 0.3) is 0 Å². The monoisotopic (exact) mass is 347 g/mol. The largest absolute Gasteiger partial charge is 0.481 e. The van der Waals surface area contributed by atoms with Gasteiger partial charge in [-0.1, -0.05) is 13.3 Å². The minimum absolute atomic E-state index is 0.0604. The minimum Gasteiger partial charge on any atom is -0.481 e. The van der Waals surface area contributed by atoms with Crippen molar-refractivity contribution in [3.05, 3.63) is 33.5 Å². The van der Waals surface area contributed by atoms with Crippen LogP contribution in [0.25, 0.3) is 10.1 Å². The van der Waals surface area contributed by atoms with E-state index in [-0.39, 0.29) is 17.9 Å². The molecule has 2 aromatic rings. The van der Waals surface area contributed by atoms with Gasteiger partial charge in [0.15, 0.2) is 0 Å². The predicted molar refractivity (Wildman–Crippen MR) is 89.8 cm³/mol. The van der Waals surface area contributed by atoms with Crippen LogP contribution in [0, 0.1) is 24.1 Å². The number of thiophene rings is 1. The van der Waals surface area contributed by atoms with E-state index in [1.807, 2.05) is 13.0 Å². The van der Waals surface area contributed by atoms with Crippen molar-refractivity contribution in [1.29, 1.82) is 5.26 Å². The molecule has 4 nitrogen and oxygen atoms in total. The van der Waals surface area contributed by atoms with Crippen LogP contribution in [0.15, 0.2) is 6.07 Å². The van der Waals surface area contributed by atoms with Crippen LogP contribution < -0.4 is 0 Å². The molecule has 1 N–H and O–H groups in total. The summed E-state index contributed by atoms with van der Waals surface area (Å²) in [5, 5.41) is 19.3. The number of carboxylic acids is 1. The number of carboxylic acid groups (broad SMARTS) is 1. The molecule has 1 aromatic carbocycles. The van der Waals surface area contributed by atoms with E-state index in [4.69, 9.17) is 9.84 Å². The number of aliphatic carboxylic acids is 1. The second-order valence-electron chi connectivity index (χ2n) is 6.15. The molecule has 0 amide bonds. The maximum absolute atomic E-state index is 14.3. The van der Waals surface area contributed by atoms with E-state index in [0.29, 0.717) is 12.0 Å². The molecule has 0 saturated carbocycles. The fourth-order valence-electron chi connectivity index (χ4n) is 3.47. The molecule has 1 aliphatic rings. The predicted octanol–water partition coefficient (Wildman–Crippen LogP) is 4.65. The molecule has 0 spiro atoms. The molecule has 0 bridgehead atoms. The van der Waals surface area contributed by atoms with Crippen LogP contribution in [-0.2, 0) is 9.53 Å². The summed E-state index contributed by atoms with van der Waals surface area (Å²) in [4.78, 5) is 12.0. The van der Waals surface area contributed by atoms with E-state index >= 15 is 0 Å². The maximum atomic E-state index is 14.3. The molecule has 1 unspecified atom stereocenters. The lowest BCUT2D eigenvalue weighted by Crippen LogP contribution is -2.21. The average Bonchev–Trinajstić information content (AvgIpc) is 2.91. The number of carbonyl (C=O) groups is 1. The standard InChI is InChI=1S/C18H18FNO3S/c1-3-4-10-8-23-13(6-14(21)22)18-15(10)16-11(7-20)12(19)5-9(2)17(16)24-18/h5,10,13H,3-4,6,8H2,1-2H3,(H,21,22)/t10?,13-/m1/s1. The molecule has 2 atom stereocenters. The highest BCUT2D eigenvalue weighted by Gasteiger charge is 2.34. The number of benzene rings is 1. The Morgan fingerprint density at radius 3 is 2.96 bits per heavy atom. The summed E-state index contributed by atoms with van der Waals surface area (Å²) in [5.41, 5.74) is 1.75. The van der Waals surface area contributed by atoms with E-state index in [1.165, 1.54) is 17.4 Å². The third-order valence-corrected chi connectivity index (χ3v) is 5.91. The zero-order chi connectivity index (χ0) is 17.4. The van der Waals surface area contributed by atoms with Crippen molar-refractivity contribution in [1.82, 2.24) is 0 Å². The Balaban J connectivity index is 2.31. The number of halogens is 1. The summed E-state index contributed by atoms with van der Waals surface area (Å²) in [7, 11) is 0. The average molecular weight is 347 g/mol. The van der Waals surface area contributed by atoms with Crippen LogP contribution in [0.2, 0.25) is 0 Å². The second-order valence-corrected chi connectivity index (χ2v) is 7.20. The number of ether oxygens (including phenoxy) is 1. The summed E-state index contributed by atoms with van der Waals surface area (Å²) >= 11 is 1.44. The molecule has 0 saturated heterocycles. The molecule has 2 heterocycles. The van der Waals surface area contributed by atoms with Gasteiger partial charge in [0.05, 0.1) is 18.6 Å². The lowest BCUT2D eigenvalue weighted by atomic mass is 9.87. The van der Waals surface area contributed by atoms with Crippen LogP contribution in [0.4, 0.5) is 4.39 Å². The van der Waals surface area contributed by atoms with Gasteiger partial charge in [-0.3, -0.25) is 4.79 Å². The van der Waals surface area contributed by atoms with Crippen LogP contribution >= 0.6 is 11.3 Å². The molecule has 0 fully saturated rings. The minimum atomic E-state index is -0.930. The van der Waals surface area contributed by atoms with Gasteiger partial charge in [-0.15, -0.1) is 11.3 Å². The first-order valence-electron chi connectivity index (χ1n) is 7.96. The van der Waals surface area contributed by atoms with Crippen molar-refractivity contribution in [3.8, 4) is 6.07 Å². The van der Waals surface area contributed by atoms with Crippen LogP contribution in [0.1, 0.15) is 59.8 Å². The van der Waals surface area contributed by atoms with E-state index in [1.54, 1.807) is 0 Å². The molecule has 24 heavy (non-hydrogen) atoms. The summed E-state index contributed by atoms with van der Waals surface area (Å²) in [5.74, 6) is -1.38. The van der Waals surface area contributed by atoms with Gasteiger partial charge >= 0.3 is 5.97 Å². The number of nitriles is 1. The Kier molecular flexibility index (Phi) is 4.57. The SMILES string of the molecule is CCCC1CO[C@H](CC(=O)O)c2sc3c(C)cc(F)c(C#N)c3c21. The van der Waals surface area contributed by atoms with Gasteiger partial charge in [0.1, 0.15) is 18.0 Å². The molecular weight excluding hydrogens is 329 g/mol. The summed E-state index contributed by atoms with van der Waals surface area (Å²) in [6, 6.07) is 3.37. The highest BCUT2D eigenvalue weighted by Crippen LogP contribution is 2.48. The lowest BCUT2D eigenvalue weighted by molar-refractivity contribution is -0.140. The van der Waals surface area contributed by atoms with Gasteiger partial charge in [0, 0.05) is 20.9 Å². The van der Waals surface area contributed by atoms with Crippen molar-refractivity contribution in [2.75, 3.05) is 6.61 Å². The second kappa shape index (κ2) is 6.50. The Labute approximate surface area is 143 Å². The molecule has 0 radical (unpaired) electrons. The van der Waals surface area contributed by atoms with E-state index in [9.17, 15) is 14.4 Å². The Morgan fingerprint density at radius 2 is 2.33 bits per heavy atom. The van der Waals surface area contributed by atoms with Gasteiger partial charge in [-0.2, -0.15) is 5.26 Å².